The summed E-state index contributed by atoms with van der Waals surface area (Å²) in [5.74, 6) is -0.370. The number of amides is 1. The molecule has 0 fully saturated rings. The number of nitrogens with two attached hydrogens (primary N) is 1. The van der Waals surface area contributed by atoms with Gasteiger partial charge in [-0.15, -0.1) is 0 Å². The van der Waals surface area contributed by atoms with Crippen molar-refractivity contribution in [3.63, 3.8) is 0 Å². The third-order valence-corrected chi connectivity index (χ3v) is 1.04. The molecular formula is C6H14N2O2. The minimum atomic E-state index is -0.370. The van der Waals surface area contributed by atoms with Crippen molar-refractivity contribution >= 4 is 5.91 Å². The number of aliphatic hydroxyl groups excluding tert-OH is 1. The summed E-state index contributed by atoms with van der Waals surface area (Å²) in [6, 6.07) is 0. The summed E-state index contributed by atoms with van der Waals surface area (Å²) in [7, 11) is 0. The fraction of sp³-hybridized carbons (Fsp3) is 0.833. The maximum absolute atomic E-state index is 10.1. The van der Waals surface area contributed by atoms with E-state index in [9.17, 15) is 4.79 Å². The molecule has 0 aliphatic carbocycles. The number of rotatable bonds is 5. The zero-order valence-corrected chi connectivity index (χ0v) is 6.13. The van der Waals surface area contributed by atoms with Crippen LogP contribution >= 0.6 is 0 Å². The summed E-state index contributed by atoms with van der Waals surface area (Å²) in [6.45, 7) is 2.51. The van der Waals surface area contributed by atoms with Crippen molar-refractivity contribution in [3.05, 3.63) is 0 Å². The van der Waals surface area contributed by atoms with Gasteiger partial charge in [-0.05, 0) is 19.9 Å². The van der Waals surface area contributed by atoms with Gasteiger partial charge in [0.15, 0.2) is 0 Å². The van der Waals surface area contributed by atoms with E-state index in [0.717, 1.165) is 0 Å². The molecule has 1 atom stereocenters. The van der Waals surface area contributed by atoms with Crippen molar-refractivity contribution in [2.24, 2.45) is 5.73 Å². The van der Waals surface area contributed by atoms with E-state index in [2.05, 4.69) is 5.32 Å². The van der Waals surface area contributed by atoms with Crippen molar-refractivity contribution in [2.45, 2.75) is 19.4 Å². The largest absolute Gasteiger partial charge is 0.393 e. The molecule has 0 rings (SSSR count). The second kappa shape index (κ2) is 5.20. The van der Waals surface area contributed by atoms with Gasteiger partial charge in [0.05, 0.1) is 12.6 Å². The Labute approximate surface area is 60.4 Å². The molecule has 0 unspecified atom stereocenters. The molecule has 0 spiro atoms. The van der Waals surface area contributed by atoms with Crippen LogP contribution in [0.3, 0.4) is 0 Å². The number of hydrogen-bond acceptors (Lipinski definition) is 3. The normalized spacial score (nSPS) is 13.0. The highest BCUT2D eigenvalue weighted by Gasteiger charge is 1.95. The molecule has 1 amide bonds. The van der Waals surface area contributed by atoms with Gasteiger partial charge in [0.1, 0.15) is 0 Å². The Morgan fingerprint density at radius 1 is 1.80 bits per heavy atom. The van der Waals surface area contributed by atoms with E-state index in [1.54, 1.807) is 6.92 Å². The van der Waals surface area contributed by atoms with Crippen LogP contribution in [0.25, 0.3) is 0 Å². The van der Waals surface area contributed by atoms with Crippen molar-refractivity contribution < 1.29 is 9.90 Å². The van der Waals surface area contributed by atoms with Gasteiger partial charge in [-0.2, -0.15) is 0 Å². The first-order chi connectivity index (χ1) is 4.63. The van der Waals surface area contributed by atoms with E-state index in [0.29, 0.717) is 13.0 Å². The van der Waals surface area contributed by atoms with Gasteiger partial charge >= 0.3 is 0 Å². The second-order valence-corrected chi connectivity index (χ2v) is 2.28. The highest BCUT2D eigenvalue weighted by molar-refractivity contribution is 5.75. The lowest BCUT2D eigenvalue weighted by Gasteiger charge is -2.03. The van der Waals surface area contributed by atoms with Crippen molar-refractivity contribution in [1.29, 1.82) is 0 Å². The zero-order chi connectivity index (χ0) is 7.98. The van der Waals surface area contributed by atoms with Gasteiger partial charge < -0.3 is 16.2 Å². The minimum Gasteiger partial charge on any atom is -0.393 e. The topological polar surface area (TPSA) is 75.3 Å². The summed E-state index contributed by atoms with van der Waals surface area (Å²) in [5, 5.41) is 11.5. The summed E-state index contributed by atoms with van der Waals surface area (Å²) >= 11 is 0. The molecule has 0 aromatic heterocycles. The summed E-state index contributed by atoms with van der Waals surface area (Å²) in [5.41, 5.74) is 4.85. The van der Waals surface area contributed by atoms with Crippen LogP contribution in [0.15, 0.2) is 0 Å². The van der Waals surface area contributed by atoms with E-state index < -0.39 is 0 Å². The lowest BCUT2D eigenvalue weighted by atomic mass is 10.3. The number of carbonyl (C=O) groups is 1. The lowest BCUT2D eigenvalue weighted by molar-refractivity contribution is -0.117. The van der Waals surface area contributed by atoms with Crippen LogP contribution in [0, 0.1) is 0 Å². The van der Waals surface area contributed by atoms with Crippen molar-refractivity contribution in [2.75, 3.05) is 13.1 Å². The Kier molecular flexibility index (Phi) is 4.88. The van der Waals surface area contributed by atoms with Crippen molar-refractivity contribution in [3.8, 4) is 0 Å². The monoisotopic (exact) mass is 146 g/mol. The highest BCUT2D eigenvalue weighted by Crippen LogP contribution is 1.84. The van der Waals surface area contributed by atoms with Crippen LogP contribution < -0.4 is 11.1 Å². The summed E-state index contributed by atoms with van der Waals surface area (Å²) < 4.78 is 0. The SMILES string of the molecule is C[C@@H](O)CCNCC(N)=O. The maximum Gasteiger partial charge on any atom is 0.231 e. The molecule has 0 radical (unpaired) electrons. The Hall–Kier alpha value is -0.610. The second-order valence-electron chi connectivity index (χ2n) is 2.28. The zero-order valence-electron chi connectivity index (χ0n) is 6.13. The molecule has 4 N–H and O–H groups in total. The molecule has 4 heteroatoms. The third-order valence-electron chi connectivity index (χ3n) is 1.04. The average Bonchev–Trinajstić information content (AvgIpc) is 1.79. The van der Waals surface area contributed by atoms with Crippen LogP contribution in [0.4, 0.5) is 0 Å². The van der Waals surface area contributed by atoms with Gasteiger partial charge in [-0.1, -0.05) is 0 Å². The van der Waals surface area contributed by atoms with Crippen LogP contribution in [0.2, 0.25) is 0 Å². The molecule has 60 valence electrons. The molecular weight excluding hydrogens is 132 g/mol. The molecule has 0 saturated carbocycles. The smallest absolute Gasteiger partial charge is 0.231 e. The standard InChI is InChI=1S/C6H14N2O2/c1-5(9)2-3-8-4-6(7)10/h5,8-9H,2-4H2,1H3,(H2,7,10)/t5-/m1/s1. The quantitative estimate of drug-likeness (QED) is 0.428. The first kappa shape index (κ1) is 9.39. The lowest BCUT2D eigenvalue weighted by Crippen LogP contribution is -2.30. The predicted molar refractivity (Wildman–Crippen MR) is 38.4 cm³/mol. The molecule has 0 aromatic carbocycles. The van der Waals surface area contributed by atoms with Gasteiger partial charge in [-0.25, -0.2) is 0 Å². The molecule has 0 aliphatic rings. The van der Waals surface area contributed by atoms with Gasteiger partial charge in [0.2, 0.25) is 5.91 Å². The molecule has 0 saturated heterocycles. The summed E-state index contributed by atoms with van der Waals surface area (Å²) in [6.07, 6.45) is 0.327. The number of aliphatic hydroxyl groups is 1. The molecule has 0 bridgehead atoms. The van der Waals surface area contributed by atoms with Crippen LogP contribution in [-0.2, 0) is 4.79 Å². The van der Waals surface area contributed by atoms with Crippen LogP contribution in [0.5, 0.6) is 0 Å². The van der Waals surface area contributed by atoms with E-state index in [-0.39, 0.29) is 18.6 Å². The first-order valence-corrected chi connectivity index (χ1v) is 3.30. The van der Waals surface area contributed by atoms with Crippen molar-refractivity contribution in [1.82, 2.24) is 5.32 Å². The molecule has 0 heterocycles. The van der Waals surface area contributed by atoms with E-state index in [1.165, 1.54) is 0 Å². The minimum absolute atomic E-state index is 0.187. The molecule has 4 nitrogen and oxygen atoms in total. The summed E-state index contributed by atoms with van der Waals surface area (Å²) in [4.78, 5) is 10.1. The van der Waals surface area contributed by atoms with E-state index in [4.69, 9.17) is 10.8 Å². The molecule has 0 aromatic rings. The number of nitrogens with one attached hydrogen (secondary N) is 1. The fourth-order valence-electron chi connectivity index (χ4n) is 0.523. The number of primary amides is 1. The van der Waals surface area contributed by atoms with E-state index >= 15 is 0 Å². The first-order valence-electron chi connectivity index (χ1n) is 3.30. The van der Waals surface area contributed by atoms with Crippen LogP contribution in [0.1, 0.15) is 13.3 Å². The van der Waals surface area contributed by atoms with Gasteiger partial charge in [0.25, 0.3) is 0 Å². The fourth-order valence-corrected chi connectivity index (χ4v) is 0.523. The number of carbonyl (C=O) groups excluding carboxylic acids is 1. The Morgan fingerprint density at radius 2 is 2.40 bits per heavy atom. The molecule has 0 aliphatic heterocycles. The molecule has 10 heavy (non-hydrogen) atoms. The third kappa shape index (κ3) is 7.39. The Balaban J connectivity index is 2.98. The predicted octanol–water partition coefficient (Wildman–Crippen LogP) is -1.17. The Morgan fingerprint density at radius 3 is 2.80 bits per heavy atom. The average molecular weight is 146 g/mol. The highest BCUT2D eigenvalue weighted by atomic mass is 16.3. The van der Waals surface area contributed by atoms with Crippen LogP contribution in [-0.4, -0.2) is 30.2 Å². The van der Waals surface area contributed by atoms with E-state index in [1.807, 2.05) is 0 Å². The number of hydrogen-bond donors (Lipinski definition) is 3. The van der Waals surface area contributed by atoms with Gasteiger partial charge in [0, 0.05) is 0 Å². The Bertz CT molecular complexity index is 104. The maximum atomic E-state index is 10.1. The van der Waals surface area contributed by atoms with Gasteiger partial charge in [-0.3, -0.25) is 4.79 Å².